The van der Waals surface area contributed by atoms with E-state index in [9.17, 15) is 0 Å². The van der Waals surface area contributed by atoms with Crippen LogP contribution < -0.4 is 5.73 Å². The molecule has 0 saturated heterocycles. The maximum Gasteiger partial charge on any atom is 0.0972 e. The highest BCUT2D eigenvalue weighted by atomic mass is 32.2. The summed E-state index contributed by atoms with van der Waals surface area (Å²) in [6, 6.07) is 8.19. The molecule has 0 spiro atoms. The molecule has 0 saturated carbocycles. The summed E-state index contributed by atoms with van der Waals surface area (Å²) in [5.41, 5.74) is 9.33. The predicted octanol–water partition coefficient (Wildman–Crippen LogP) is 2.89. The summed E-state index contributed by atoms with van der Waals surface area (Å²) < 4.78 is 0. The van der Waals surface area contributed by atoms with Crippen LogP contribution in [0.1, 0.15) is 22.1 Å². The van der Waals surface area contributed by atoms with Crippen LogP contribution in [-0.2, 0) is 0 Å². The highest BCUT2D eigenvalue weighted by Crippen LogP contribution is 2.33. The van der Waals surface area contributed by atoms with E-state index in [-0.39, 0.29) is 5.25 Å². The monoisotopic (exact) mass is 259 g/mol. The Morgan fingerprint density at radius 1 is 1.22 bits per heavy atom. The lowest BCUT2D eigenvalue weighted by Gasteiger charge is -2.14. The van der Waals surface area contributed by atoms with E-state index in [1.807, 2.05) is 19.1 Å². The first kappa shape index (κ1) is 13.1. The van der Waals surface area contributed by atoms with Gasteiger partial charge in [0.2, 0.25) is 0 Å². The number of aromatic nitrogens is 2. The molecule has 1 unspecified atom stereocenters. The molecular formula is C14H17N3S. The van der Waals surface area contributed by atoms with Gasteiger partial charge in [-0.1, -0.05) is 11.8 Å². The smallest absolute Gasteiger partial charge is 0.0972 e. The molecule has 0 aliphatic rings. The molecule has 2 aromatic heterocycles. The number of hydrogen-bond donors (Lipinski definition) is 1. The normalized spacial score (nSPS) is 12.4. The van der Waals surface area contributed by atoms with Crippen LogP contribution in [0.25, 0.3) is 0 Å². The number of rotatable bonds is 4. The van der Waals surface area contributed by atoms with Crippen LogP contribution in [0.3, 0.4) is 0 Å². The maximum atomic E-state index is 5.86. The maximum absolute atomic E-state index is 5.86. The Kier molecular flexibility index (Phi) is 4.33. The van der Waals surface area contributed by atoms with E-state index >= 15 is 0 Å². The van der Waals surface area contributed by atoms with Gasteiger partial charge < -0.3 is 5.73 Å². The topological polar surface area (TPSA) is 51.8 Å². The predicted molar refractivity (Wildman–Crippen MR) is 75.6 cm³/mol. The molecule has 0 aliphatic carbocycles. The minimum absolute atomic E-state index is 0.224. The van der Waals surface area contributed by atoms with E-state index in [2.05, 4.69) is 29.0 Å². The minimum Gasteiger partial charge on any atom is -0.329 e. The minimum atomic E-state index is 0.224. The van der Waals surface area contributed by atoms with Gasteiger partial charge in [0.1, 0.15) is 0 Å². The zero-order valence-corrected chi connectivity index (χ0v) is 11.4. The number of nitrogens with two attached hydrogens (primary N) is 1. The van der Waals surface area contributed by atoms with Crippen LogP contribution in [0.5, 0.6) is 0 Å². The van der Waals surface area contributed by atoms with Gasteiger partial charge in [-0.2, -0.15) is 0 Å². The lowest BCUT2D eigenvalue weighted by Crippen LogP contribution is -2.09. The van der Waals surface area contributed by atoms with Gasteiger partial charge in [0.25, 0.3) is 0 Å². The van der Waals surface area contributed by atoms with Crippen LogP contribution >= 0.6 is 11.8 Å². The number of aryl methyl sites for hydroxylation is 2. The highest BCUT2D eigenvalue weighted by molar-refractivity contribution is 7.99. The number of nitrogens with zero attached hydrogens (tertiary/aromatic N) is 2. The van der Waals surface area contributed by atoms with Crippen LogP contribution in [0, 0.1) is 13.8 Å². The van der Waals surface area contributed by atoms with Gasteiger partial charge >= 0.3 is 0 Å². The lowest BCUT2D eigenvalue weighted by atomic mass is 10.2. The van der Waals surface area contributed by atoms with Crippen LogP contribution in [0.4, 0.5) is 0 Å². The van der Waals surface area contributed by atoms with Gasteiger partial charge in [0.05, 0.1) is 5.03 Å². The van der Waals surface area contributed by atoms with Gasteiger partial charge in [-0.15, -0.1) is 0 Å². The second kappa shape index (κ2) is 5.98. The van der Waals surface area contributed by atoms with E-state index in [0.29, 0.717) is 6.54 Å². The van der Waals surface area contributed by atoms with E-state index < -0.39 is 0 Å². The molecule has 2 rings (SSSR count). The number of hydrogen-bond acceptors (Lipinski definition) is 4. The van der Waals surface area contributed by atoms with E-state index in [1.54, 1.807) is 24.2 Å². The highest BCUT2D eigenvalue weighted by Gasteiger charge is 2.12. The number of thioether (sulfide) groups is 1. The third-order valence-corrected chi connectivity index (χ3v) is 3.83. The number of pyridine rings is 2. The summed E-state index contributed by atoms with van der Waals surface area (Å²) in [4.78, 5) is 8.57. The van der Waals surface area contributed by atoms with Crippen molar-refractivity contribution in [1.82, 2.24) is 9.97 Å². The fraction of sp³-hybridized carbons (Fsp3) is 0.286. The molecule has 4 heteroatoms. The molecular weight excluding hydrogens is 242 g/mol. The Balaban J connectivity index is 2.20. The van der Waals surface area contributed by atoms with E-state index in [4.69, 9.17) is 5.73 Å². The molecule has 2 N–H and O–H groups in total. The Bertz CT molecular complexity index is 493. The molecule has 0 bridgehead atoms. The molecule has 0 radical (unpaired) electrons. The Hall–Kier alpha value is -1.39. The molecule has 0 aromatic carbocycles. The van der Waals surface area contributed by atoms with Crippen LogP contribution in [0.15, 0.2) is 41.7 Å². The second-order valence-electron chi connectivity index (χ2n) is 4.25. The fourth-order valence-corrected chi connectivity index (χ4v) is 2.97. The average Bonchev–Trinajstić information content (AvgIpc) is 2.36. The zero-order chi connectivity index (χ0) is 13.0. The molecule has 2 heterocycles. The van der Waals surface area contributed by atoms with Gasteiger partial charge in [-0.25, -0.2) is 4.98 Å². The Labute approximate surface area is 112 Å². The molecule has 18 heavy (non-hydrogen) atoms. The van der Waals surface area contributed by atoms with Crippen molar-refractivity contribution in [2.75, 3.05) is 6.54 Å². The first-order valence-electron chi connectivity index (χ1n) is 5.91. The molecule has 0 fully saturated rings. The molecule has 0 amide bonds. The summed E-state index contributed by atoms with van der Waals surface area (Å²) in [7, 11) is 0. The largest absolute Gasteiger partial charge is 0.329 e. The van der Waals surface area contributed by atoms with Crippen molar-refractivity contribution in [2.24, 2.45) is 5.73 Å². The first-order chi connectivity index (χ1) is 8.69. The SMILES string of the molecule is Cc1cc(C)nc(SC(CN)c2ccncc2)c1. The molecule has 1 atom stereocenters. The van der Waals surface area contributed by atoms with Crippen LogP contribution in [0.2, 0.25) is 0 Å². The second-order valence-corrected chi connectivity index (χ2v) is 5.47. The quantitative estimate of drug-likeness (QED) is 0.858. The average molecular weight is 259 g/mol. The van der Waals surface area contributed by atoms with Crippen molar-refractivity contribution in [3.8, 4) is 0 Å². The summed E-state index contributed by atoms with van der Waals surface area (Å²) in [6.07, 6.45) is 3.60. The van der Waals surface area contributed by atoms with Crippen molar-refractivity contribution in [3.05, 3.63) is 53.5 Å². The first-order valence-corrected chi connectivity index (χ1v) is 6.79. The molecule has 0 aliphatic heterocycles. The van der Waals surface area contributed by atoms with Crippen molar-refractivity contribution >= 4 is 11.8 Å². The summed E-state index contributed by atoms with van der Waals surface area (Å²) in [5, 5.41) is 1.25. The van der Waals surface area contributed by atoms with E-state index in [1.165, 1.54) is 11.1 Å². The molecule has 2 aromatic rings. The summed E-state index contributed by atoms with van der Waals surface area (Å²) >= 11 is 1.71. The van der Waals surface area contributed by atoms with Gasteiger partial charge in [0.15, 0.2) is 0 Å². The van der Waals surface area contributed by atoms with Gasteiger partial charge in [-0.3, -0.25) is 4.98 Å². The zero-order valence-electron chi connectivity index (χ0n) is 10.6. The van der Waals surface area contributed by atoms with Crippen molar-refractivity contribution in [2.45, 2.75) is 24.1 Å². The summed E-state index contributed by atoms with van der Waals surface area (Å²) in [6.45, 7) is 4.69. The summed E-state index contributed by atoms with van der Waals surface area (Å²) in [5.74, 6) is 0. The van der Waals surface area contributed by atoms with Crippen molar-refractivity contribution in [1.29, 1.82) is 0 Å². The third-order valence-electron chi connectivity index (χ3n) is 2.63. The van der Waals surface area contributed by atoms with Crippen molar-refractivity contribution in [3.63, 3.8) is 0 Å². The standard InChI is InChI=1S/C14H17N3S/c1-10-7-11(2)17-14(8-10)18-13(9-15)12-3-5-16-6-4-12/h3-8,13H,9,15H2,1-2H3. The van der Waals surface area contributed by atoms with E-state index in [0.717, 1.165) is 10.7 Å². The van der Waals surface area contributed by atoms with Gasteiger partial charge in [0, 0.05) is 29.9 Å². The van der Waals surface area contributed by atoms with Gasteiger partial charge in [-0.05, 0) is 49.2 Å². The van der Waals surface area contributed by atoms with Crippen LogP contribution in [-0.4, -0.2) is 16.5 Å². The molecule has 94 valence electrons. The third kappa shape index (κ3) is 3.31. The van der Waals surface area contributed by atoms with Crippen molar-refractivity contribution < 1.29 is 0 Å². The molecule has 3 nitrogen and oxygen atoms in total. The fourth-order valence-electron chi connectivity index (χ4n) is 1.84. The Morgan fingerprint density at radius 2 is 1.94 bits per heavy atom. The Morgan fingerprint density at radius 3 is 2.56 bits per heavy atom. The lowest BCUT2D eigenvalue weighted by molar-refractivity contribution is 0.927.